The van der Waals surface area contributed by atoms with Crippen molar-refractivity contribution in [3.8, 4) is 0 Å². The lowest BCUT2D eigenvalue weighted by Gasteiger charge is -2.14. The summed E-state index contributed by atoms with van der Waals surface area (Å²) in [6.45, 7) is -0.556. The van der Waals surface area contributed by atoms with Crippen molar-refractivity contribution in [1.29, 1.82) is 0 Å². The molecule has 0 radical (unpaired) electrons. The van der Waals surface area contributed by atoms with Crippen LogP contribution in [-0.2, 0) is 15.8 Å². The van der Waals surface area contributed by atoms with E-state index in [0.29, 0.717) is 3.57 Å². The zero-order chi connectivity index (χ0) is 16.5. The van der Waals surface area contributed by atoms with E-state index in [1.807, 2.05) is 0 Å². The Bertz CT molecular complexity index is 658. The molecule has 0 aromatic heterocycles. The Morgan fingerprint density at radius 2 is 1.91 bits per heavy atom. The Kier molecular flexibility index (Phi) is 4.75. The van der Waals surface area contributed by atoms with Gasteiger partial charge in [0.15, 0.2) is 0 Å². The van der Waals surface area contributed by atoms with Crippen molar-refractivity contribution >= 4 is 40.1 Å². The summed E-state index contributed by atoms with van der Waals surface area (Å²) in [5, 5.41) is 11.3. The van der Waals surface area contributed by atoms with Gasteiger partial charge in [0.2, 0.25) is 0 Å². The summed E-state index contributed by atoms with van der Waals surface area (Å²) < 4.78 is 38.6. The predicted octanol–water partition coefficient (Wildman–Crippen LogP) is 1.97. The predicted molar refractivity (Wildman–Crippen MR) is 79.7 cm³/mol. The zero-order valence-corrected chi connectivity index (χ0v) is 13.1. The minimum Gasteiger partial charge on any atom is -0.395 e. The van der Waals surface area contributed by atoms with E-state index >= 15 is 0 Å². The first-order valence-electron chi connectivity index (χ1n) is 6.05. The largest absolute Gasteiger partial charge is 0.416 e. The van der Waals surface area contributed by atoms with Gasteiger partial charge >= 0.3 is 6.18 Å². The van der Waals surface area contributed by atoms with E-state index < -0.39 is 23.6 Å². The highest BCUT2D eigenvalue weighted by molar-refractivity contribution is 14.1. The van der Waals surface area contributed by atoms with Gasteiger partial charge in [0, 0.05) is 15.3 Å². The summed E-state index contributed by atoms with van der Waals surface area (Å²) in [7, 11) is 0. The quantitative estimate of drug-likeness (QED) is 0.571. The second-order valence-electron chi connectivity index (χ2n) is 4.43. The van der Waals surface area contributed by atoms with Crippen LogP contribution < -0.4 is 5.32 Å². The van der Waals surface area contributed by atoms with Gasteiger partial charge in [-0.1, -0.05) is 0 Å². The van der Waals surface area contributed by atoms with Crippen LogP contribution in [-0.4, -0.2) is 35.0 Å². The lowest BCUT2D eigenvalue weighted by Crippen LogP contribution is -2.34. The Balaban J connectivity index is 2.25. The molecule has 5 nitrogen and oxygen atoms in total. The highest BCUT2D eigenvalue weighted by Crippen LogP contribution is 2.33. The van der Waals surface area contributed by atoms with Gasteiger partial charge in [-0.3, -0.25) is 14.5 Å². The normalized spacial score (nSPS) is 15.3. The molecule has 0 saturated carbocycles. The fraction of sp³-hybridized carbons (Fsp3) is 0.231. The van der Waals surface area contributed by atoms with Crippen molar-refractivity contribution in [3.63, 3.8) is 0 Å². The van der Waals surface area contributed by atoms with Crippen molar-refractivity contribution < 1.29 is 27.9 Å². The Morgan fingerprint density at radius 1 is 1.23 bits per heavy atom. The number of anilines is 1. The molecule has 2 rings (SSSR count). The van der Waals surface area contributed by atoms with E-state index in [4.69, 9.17) is 5.11 Å². The smallest absolute Gasteiger partial charge is 0.395 e. The number of rotatable bonds is 4. The third kappa shape index (κ3) is 3.58. The Hall–Kier alpha value is -1.62. The summed E-state index contributed by atoms with van der Waals surface area (Å²) in [5.74, 6) is -1.31. The van der Waals surface area contributed by atoms with Crippen LogP contribution in [0.25, 0.3) is 0 Å². The number of carbonyl (C=O) groups excluding carboxylic acids is 2. The summed E-state index contributed by atoms with van der Waals surface area (Å²) in [5.41, 5.74) is -0.933. The third-order valence-electron chi connectivity index (χ3n) is 2.84. The lowest BCUT2D eigenvalue weighted by atomic mass is 10.2. The van der Waals surface area contributed by atoms with Crippen LogP contribution in [0.4, 0.5) is 18.9 Å². The van der Waals surface area contributed by atoms with E-state index in [1.54, 1.807) is 22.6 Å². The monoisotopic (exact) mass is 426 g/mol. The number of β-amino-alcohol motifs (C(OH)–C–C–N with tert-alkyl or cyclic N) is 1. The molecule has 1 aliphatic heterocycles. The molecule has 0 atom stereocenters. The molecular formula is C13H10F3IN2O3. The Labute approximate surface area is 136 Å². The summed E-state index contributed by atoms with van der Waals surface area (Å²) in [4.78, 5) is 24.3. The third-order valence-corrected chi connectivity index (χ3v) is 3.46. The van der Waals surface area contributed by atoms with E-state index in [9.17, 15) is 22.8 Å². The zero-order valence-electron chi connectivity index (χ0n) is 10.9. The van der Waals surface area contributed by atoms with Crippen molar-refractivity contribution in [2.24, 2.45) is 0 Å². The lowest BCUT2D eigenvalue weighted by molar-refractivity contribution is -0.138. The minimum atomic E-state index is -4.51. The van der Waals surface area contributed by atoms with Crippen molar-refractivity contribution in [3.05, 3.63) is 39.1 Å². The molecule has 0 fully saturated rings. The van der Waals surface area contributed by atoms with Gasteiger partial charge in [-0.15, -0.1) is 0 Å². The molecule has 118 valence electrons. The van der Waals surface area contributed by atoms with Crippen LogP contribution >= 0.6 is 22.6 Å². The fourth-order valence-electron chi connectivity index (χ4n) is 1.89. The fourth-order valence-corrected chi connectivity index (χ4v) is 2.56. The highest BCUT2D eigenvalue weighted by Gasteiger charge is 2.33. The number of imide groups is 1. The molecule has 1 heterocycles. The van der Waals surface area contributed by atoms with Gasteiger partial charge in [-0.25, -0.2) is 0 Å². The van der Waals surface area contributed by atoms with Gasteiger partial charge in [-0.2, -0.15) is 13.2 Å². The van der Waals surface area contributed by atoms with Gasteiger partial charge in [0.25, 0.3) is 11.8 Å². The van der Waals surface area contributed by atoms with Crippen LogP contribution in [0.2, 0.25) is 0 Å². The molecule has 1 aliphatic rings. The van der Waals surface area contributed by atoms with Gasteiger partial charge in [0.1, 0.15) is 5.70 Å². The van der Waals surface area contributed by atoms with Gasteiger partial charge in [0.05, 0.1) is 18.7 Å². The first kappa shape index (κ1) is 16.7. The molecule has 2 amide bonds. The van der Waals surface area contributed by atoms with Crippen molar-refractivity contribution in [2.45, 2.75) is 6.18 Å². The number of carbonyl (C=O) groups is 2. The number of amides is 2. The number of alkyl halides is 3. The first-order chi connectivity index (χ1) is 10.2. The number of halogens is 4. The van der Waals surface area contributed by atoms with Gasteiger partial charge in [-0.05, 0) is 40.8 Å². The standard InChI is InChI=1S/C13H10F3IN2O3/c14-13(15,16)7-3-8(17)5-9(4-7)18-10-6-11(21)19(1-2-20)12(10)22/h3-6,18,20H,1-2H2. The van der Waals surface area contributed by atoms with E-state index in [1.165, 1.54) is 6.07 Å². The van der Waals surface area contributed by atoms with Crippen LogP contribution in [0.5, 0.6) is 0 Å². The molecule has 0 unspecified atom stereocenters. The van der Waals surface area contributed by atoms with Crippen molar-refractivity contribution in [2.75, 3.05) is 18.5 Å². The summed E-state index contributed by atoms with van der Waals surface area (Å²) in [6, 6.07) is 3.25. The molecule has 0 aliphatic carbocycles. The number of benzene rings is 1. The maximum atomic E-state index is 12.8. The molecule has 0 spiro atoms. The number of aliphatic hydroxyl groups is 1. The Morgan fingerprint density at radius 3 is 2.50 bits per heavy atom. The highest BCUT2D eigenvalue weighted by atomic mass is 127. The molecule has 9 heteroatoms. The SMILES string of the molecule is O=C1C=C(Nc2cc(I)cc(C(F)(F)F)c2)C(=O)N1CCO. The number of hydrogen-bond donors (Lipinski definition) is 2. The second kappa shape index (κ2) is 6.24. The molecule has 22 heavy (non-hydrogen) atoms. The molecule has 0 saturated heterocycles. The average Bonchev–Trinajstić information content (AvgIpc) is 2.65. The number of nitrogens with one attached hydrogen (secondary N) is 1. The first-order valence-corrected chi connectivity index (χ1v) is 7.13. The van der Waals surface area contributed by atoms with Gasteiger partial charge < -0.3 is 10.4 Å². The number of nitrogens with zero attached hydrogens (tertiary/aromatic N) is 1. The van der Waals surface area contributed by atoms with Crippen molar-refractivity contribution in [1.82, 2.24) is 4.90 Å². The molecule has 0 bridgehead atoms. The van der Waals surface area contributed by atoms with Crippen LogP contribution in [0.15, 0.2) is 30.0 Å². The number of aliphatic hydroxyl groups excluding tert-OH is 1. The van der Waals surface area contributed by atoms with Crippen LogP contribution in [0, 0.1) is 3.57 Å². The topological polar surface area (TPSA) is 69.6 Å². The van der Waals surface area contributed by atoms with E-state index in [0.717, 1.165) is 23.1 Å². The maximum Gasteiger partial charge on any atom is 0.416 e. The molecule has 1 aromatic rings. The molecule has 2 N–H and O–H groups in total. The second-order valence-corrected chi connectivity index (χ2v) is 5.67. The summed E-state index contributed by atoms with van der Waals surface area (Å²) in [6.07, 6.45) is -3.52. The van der Waals surface area contributed by atoms with E-state index in [-0.39, 0.29) is 24.5 Å². The molecule has 1 aromatic carbocycles. The number of hydrogen-bond acceptors (Lipinski definition) is 4. The summed E-state index contributed by atoms with van der Waals surface area (Å²) >= 11 is 1.73. The van der Waals surface area contributed by atoms with E-state index in [2.05, 4.69) is 5.32 Å². The van der Waals surface area contributed by atoms with Crippen LogP contribution in [0.1, 0.15) is 5.56 Å². The average molecular weight is 426 g/mol. The van der Waals surface area contributed by atoms with Crippen LogP contribution in [0.3, 0.4) is 0 Å². The maximum absolute atomic E-state index is 12.8. The molecular weight excluding hydrogens is 416 g/mol. The minimum absolute atomic E-state index is 0.0532.